The molecule has 2 aromatic carbocycles. The molecule has 0 saturated heterocycles. The van der Waals surface area contributed by atoms with E-state index < -0.39 is 0 Å². The SMILES string of the molecule is Cc1cc(C)c(C)c(-c2ccc3cc(C4CCCCC4)ccc3[n+]2C)c1. The molecule has 3 aromatic rings. The average molecular weight is 345 g/mol. The van der Waals surface area contributed by atoms with Crippen molar-refractivity contribution in [2.75, 3.05) is 0 Å². The van der Waals surface area contributed by atoms with Crippen molar-refractivity contribution >= 4 is 10.9 Å². The first-order valence-electron chi connectivity index (χ1n) is 10.1. The molecular weight excluding hydrogens is 314 g/mol. The summed E-state index contributed by atoms with van der Waals surface area (Å²) in [6, 6.07) is 16.3. The Morgan fingerprint density at radius 2 is 1.62 bits per heavy atom. The highest BCUT2D eigenvalue weighted by Gasteiger charge is 2.20. The number of aryl methyl sites for hydroxylation is 3. The molecule has 0 unspecified atom stereocenters. The minimum Gasteiger partial charge on any atom is -0.194 e. The summed E-state index contributed by atoms with van der Waals surface area (Å²) in [5, 5.41) is 1.36. The van der Waals surface area contributed by atoms with Crippen LogP contribution in [0.2, 0.25) is 0 Å². The van der Waals surface area contributed by atoms with Gasteiger partial charge in [-0.1, -0.05) is 37.0 Å². The molecular formula is C25H30N+. The summed E-state index contributed by atoms with van der Waals surface area (Å²) in [5.41, 5.74) is 9.58. The van der Waals surface area contributed by atoms with Gasteiger partial charge in [-0.05, 0) is 74.4 Å². The van der Waals surface area contributed by atoms with Gasteiger partial charge in [-0.3, -0.25) is 0 Å². The van der Waals surface area contributed by atoms with Crippen LogP contribution < -0.4 is 4.57 Å². The van der Waals surface area contributed by atoms with E-state index in [0.29, 0.717) is 0 Å². The minimum atomic E-state index is 0.764. The van der Waals surface area contributed by atoms with Gasteiger partial charge in [0.1, 0.15) is 7.05 Å². The van der Waals surface area contributed by atoms with Crippen molar-refractivity contribution in [1.29, 1.82) is 0 Å². The van der Waals surface area contributed by atoms with E-state index >= 15 is 0 Å². The summed E-state index contributed by atoms with van der Waals surface area (Å²) in [6.45, 7) is 6.64. The van der Waals surface area contributed by atoms with Crippen LogP contribution in [0.3, 0.4) is 0 Å². The summed E-state index contributed by atoms with van der Waals surface area (Å²) in [7, 11) is 2.20. The fourth-order valence-corrected chi connectivity index (χ4v) is 4.69. The summed E-state index contributed by atoms with van der Waals surface area (Å²) in [4.78, 5) is 0. The monoisotopic (exact) mass is 344 g/mol. The Hall–Kier alpha value is -2.15. The largest absolute Gasteiger partial charge is 0.213 e. The Morgan fingerprint density at radius 1 is 0.846 bits per heavy atom. The molecule has 0 aliphatic heterocycles. The van der Waals surface area contributed by atoms with Crippen molar-refractivity contribution in [3.63, 3.8) is 0 Å². The number of nitrogens with zero attached hydrogens (tertiary/aromatic N) is 1. The standard InChI is InChI=1S/C25H30N/c1-17-14-18(2)19(3)23(15-17)25-13-11-22-16-21(10-12-24(22)26(25)4)20-8-6-5-7-9-20/h10-16,20H,5-9H2,1-4H3/q+1. The Morgan fingerprint density at radius 3 is 2.38 bits per heavy atom. The maximum atomic E-state index is 2.43. The summed E-state index contributed by atoms with van der Waals surface area (Å²) in [5.74, 6) is 0.764. The fourth-order valence-electron chi connectivity index (χ4n) is 4.69. The van der Waals surface area contributed by atoms with Crippen LogP contribution in [0.1, 0.15) is 60.3 Å². The highest BCUT2D eigenvalue weighted by atomic mass is 14.9. The van der Waals surface area contributed by atoms with Crippen molar-refractivity contribution in [2.24, 2.45) is 7.05 Å². The molecule has 0 bridgehead atoms. The molecule has 1 aliphatic carbocycles. The van der Waals surface area contributed by atoms with Gasteiger partial charge >= 0.3 is 0 Å². The van der Waals surface area contributed by atoms with Crippen LogP contribution in [-0.4, -0.2) is 0 Å². The lowest BCUT2D eigenvalue weighted by molar-refractivity contribution is -0.633. The average Bonchev–Trinajstić information content (AvgIpc) is 2.66. The topological polar surface area (TPSA) is 3.88 Å². The second-order valence-corrected chi connectivity index (χ2v) is 8.19. The molecule has 0 amide bonds. The van der Waals surface area contributed by atoms with Crippen molar-refractivity contribution < 1.29 is 4.57 Å². The molecule has 0 radical (unpaired) electrons. The first kappa shape index (κ1) is 17.3. The van der Waals surface area contributed by atoms with Crippen LogP contribution in [0.15, 0.2) is 42.5 Å². The van der Waals surface area contributed by atoms with E-state index in [2.05, 4.69) is 74.9 Å². The van der Waals surface area contributed by atoms with Crippen molar-refractivity contribution in [1.82, 2.24) is 0 Å². The van der Waals surface area contributed by atoms with Crippen LogP contribution in [0.4, 0.5) is 0 Å². The normalized spacial score (nSPS) is 15.5. The molecule has 1 aromatic heterocycles. The predicted molar refractivity (Wildman–Crippen MR) is 111 cm³/mol. The molecule has 0 N–H and O–H groups in total. The van der Waals surface area contributed by atoms with Crippen molar-refractivity contribution in [2.45, 2.75) is 58.8 Å². The zero-order chi connectivity index (χ0) is 18.3. The predicted octanol–water partition coefficient (Wildman–Crippen LogP) is 6.30. The Bertz CT molecular complexity index is 962. The van der Waals surface area contributed by atoms with Gasteiger partial charge < -0.3 is 0 Å². The Kier molecular flexibility index (Phi) is 4.56. The highest BCUT2D eigenvalue weighted by Crippen LogP contribution is 2.34. The Labute approximate surface area is 157 Å². The molecule has 0 spiro atoms. The molecule has 4 rings (SSSR count). The van der Waals surface area contributed by atoms with Gasteiger partial charge in [-0.25, -0.2) is 0 Å². The number of aromatic nitrogens is 1. The van der Waals surface area contributed by atoms with Gasteiger partial charge in [0.15, 0.2) is 0 Å². The number of fused-ring (bicyclic) bond motifs is 1. The van der Waals surface area contributed by atoms with Crippen LogP contribution in [0.25, 0.3) is 22.2 Å². The third kappa shape index (κ3) is 3.05. The van der Waals surface area contributed by atoms with E-state index in [1.807, 2.05) is 0 Å². The van der Waals surface area contributed by atoms with Crippen LogP contribution in [-0.2, 0) is 7.05 Å². The number of benzene rings is 2. The fraction of sp³-hybridized carbons (Fsp3) is 0.400. The molecule has 1 nitrogen and oxygen atoms in total. The highest BCUT2D eigenvalue weighted by molar-refractivity contribution is 5.79. The number of hydrogen-bond acceptors (Lipinski definition) is 0. The lowest BCUT2D eigenvalue weighted by Crippen LogP contribution is -2.32. The van der Waals surface area contributed by atoms with E-state index in [-0.39, 0.29) is 0 Å². The van der Waals surface area contributed by atoms with Gasteiger partial charge in [0.25, 0.3) is 0 Å². The lowest BCUT2D eigenvalue weighted by Gasteiger charge is -2.22. The second kappa shape index (κ2) is 6.87. The van der Waals surface area contributed by atoms with E-state index in [1.165, 1.54) is 76.5 Å². The molecule has 1 fully saturated rings. The van der Waals surface area contributed by atoms with Gasteiger partial charge in [-0.15, -0.1) is 0 Å². The van der Waals surface area contributed by atoms with Crippen molar-refractivity contribution in [3.8, 4) is 11.3 Å². The zero-order valence-corrected chi connectivity index (χ0v) is 16.6. The summed E-state index contributed by atoms with van der Waals surface area (Å²) < 4.78 is 2.36. The number of hydrogen-bond donors (Lipinski definition) is 0. The molecule has 1 saturated carbocycles. The van der Waals surface area contributed by atoms with Gasteiger partial charge in [0.05, 0.1) is 0 Å². The first-order chi connectivity index (χ1) is 12.5. The Balaban J connectivity index is 1.81. The smallest absolute Gasteiger partial charge is 0.194 e. The minimum absolute atomic E-state index is 0.764. The van der Waals surface area contributed by atoms with E-state index in [9.17, 15) is 0 Å². The lowest BCUT2D eigenvalue weighted by atomic mass is 9.83. The molecule has 0 atom stereocenters. The van der Waals surface area contributed by atoms with E-state index in [0.717, 1.165) is 5.92 Å². The van der Waals surface area contributed by atoms with Crippen molar-refractivity contribution in [3.05, 3.63) is 64.7 Å². The van der Waals surface area contributed by atoms with Gasteiger partial charge in [0.2, 0.25) is 11.2 Å². The maximum absolute atomic E-state index is 2.43. The second-order valence-electron chi connectivity index (χ2n) is 8.19. The first-order valence-corrected chi connectivity index (χ1v) is 10.1. The molecule has 134 valence electrons. The quantitative estimate of drug-likeness (QED) is 0.480. The summed E-state index contributed by atoms with van der Waals surface area (Å²) >= 11 is 0. The third-order valence-electron chi connectivity index (χ3n) is 6.36. The van der Waals surface area contributed by atoms with Gasteiger partial charge in [-0.2, -0.15) is 4.57 Å². The van der Waals surface area contributed by atoms with Crippen LogP contribution in [0.5, 0.6) is 0 Å². The molecule has 26 heavy (non-hydrogen) atoms. The molecule has 1 heterocycles. The van der Waals surface area contributed by atoms with Crippen LogP contribution >= 0.6 is 0 Å². The summed E-state index contributed by atoms with van der Waals surface area (Å²) in [6.07, 6.45) is 6.91. The van der Waals surface area contributed by atoms with Crippen LogP contribution in [0, 0.1) is 20.8 Å². The molecule has 1 heteroatoms. The third-order valence-corrected chi connectivity index (χ3v) is 6.36. The number of rotatable bonds is 2. The number of pyridine rings is 1. The van der Waals surface area contributed by atoms with E-state index in [1.54, 1.807) is 0 Å². The van der Waals surface area contributed by atoms with Gasteiger partial charge in [0, 0.05) is 23.1 Å². The van der Waals surface area contributed by atoms with E-state index in [4.69, 9.17) is 0 Å². The molecule has 1 aliphatic rings. The maximum Gasteiger partial charge on any atom is 0.213 e. The zero-order valence-electron chi connectivity index (χ0n) is 16.6.